The number of hydrogen-bond acceptors (Lipinski definition) is 4. The van der Waals surface area contributed by atoms with Crippen molar-refractivity contribution in [1.82, 2.24) is 0 Å². The van der Waals surface area contributed by atoms with Crippen LogP contribution in [0.4, 0.5) is 0 Å². The minimum Gasteiger partial charge on any atom is -0.497 e. The molecule has 0 bridgehead atoms. The van der Waals surface area contributed by atoms with Crippen LogP contribution in [0.5, 0.6) is 5.75 Å². The highest BCUT2D eigenvalue weighted by molar-refractivity contribution is 5.87. The molecule has 2 aromatic rings. The summed E-state index contributed by atoms with van der Waals surface area (Å²) in [6, 6.07) is 16.1. The zero-order chi connectivity index (χ0) is 16.8. The largest absolute Gasteiger partial charge is 0.497 e. The van der Waals surface area contributed by atoms with Crippen molar-refractivity contribution in [3.05, 3.63) is 65.7 Å². The van der Waals surface area contributed by atoms with Gasteiger partial charge in [0.15, 0.2) is 0 Å². The predicted molar refractivity (Wildman–Crippen MR) is 88.4 cm³/mol. The van der Waals surface area contributed by atoms with E-state index in [0.717, 1.165) is 0 Å². The number of ether oxygens (including phenoxy) is 1. The molecule has 2 aromatic carbocycles. The zero-order valence-electron chi connectivity index (χ0n) is 13.3. The summed E-state index contributed by atoms with van der Waals surface area (Å²) in [7, 11) is 1.57. The molecule has 0 aliphatic rings. The lowest BCUT2D eigenvalue weighted by Gasteiger charge is -2.21. The molecule has 122 valence electrons. The van der Waals surface area contributed by atoms with Gasteiger partial charge in [0.2, 0.25) is 0 Å². The van der Waals surface area contributed by atoms with Crippen LogP contribution < -0.4 is 4.74 Å². The van der Waals surface area contributed by atoms with E-state index in [1.165, 1.54) is 0 Å². The van der Waals surface area contributed by atoms with Gasteiger partial charge in [-0.05, 0) is 30.2 Å². The van der Waals surface area contributed by atoms with Crippen LogP contribution in [-0.4, -0.2) is 29.2 Å². The summed E-state index contributed by atoms with van der Waals surface area (Å²) in [5.41, 5.74) is 1.41. The highest BCUT2D eigenvalue weighted by Crippen LogP contribution is 2.28. The maximum atomic E-state index is 12.6. The molecule has 0 heterocycles. The van der Waals surface area contributed by atoms with Crippen molar-refractivity contribution in [2.45, 2.75) is 31.5 Å². The first kappa shape index (κ1) is 17.2. The summed E-state index contributed by atoms with van der Waals surface area (Å²) in [4.78, 5) is 12.6. The molecule has 3 unspecified atom stereocenters. The van der Waals surface area contributed by atoms with Gasteiger partial charge in [0, 0.05) is 6.42 Å². The van der Waals surface area contributed by atoms with Gasteiger partial charge in [-0.2, -0.15) is 0 Å². The zero-order valence-corrected chi connectivity index (χ0v) is 13.3. The minimum absolute atomic E-state index is 0.0361. The number of ketones is 1. The second-order valence-electron chi connectivity index (χ2n) is 5.59. The Bertz CT molecular complexity index is 620. The summed E-state index contributed by atoms with van der Waals surface area (Å²) in [6.45, 7) is 1.59. The van der Waals surface area contributed by atoms with Crippen molar-refractivity contribution < 1.29 is 19.7 Å². The van der Waals surface area contributed by atoms with Gasteiger partial charge < -0.3 is 14.9 Å². The first-order chi connectivity index (χ1) is 11.0. The molecule has 23 heavy (non-hydrogen) atoms. The van der Waals surface area contributed by atoms with Crippen LogP contribution in [0.2, 0.25) is 0 Å². The Morgan fingerprint density at radius 3 is 2.13 bits per heavy atom. The van der Waals surface area contributed by atoms with Crippen LogP contribution in [0.15, 0.2) is 54.6 Å². The lowest BCUT2D eigenvalue weighted by atomic mass is 9.86. The van der Waals surface area contributed by atoms with Gasteiger partial charge in [-0.15, -0.1) is 0 Å². The quantitative estimate of drug-likeness (QED) is 0.824. The first-order valence-electron chi connectivity index (χ1n) is 7.60. The molecule has 2 rings (SSSR count). The molecule has 0 aromatic heterocycles. The summed E-state index contributed by atoms with van der Waals surface area (Å²) in [5.74, 6) is -0.171. The third-order valence-corrected chi connectivity index (χ3v) is 3.88. The van der Waals surface area contributed by atoms with E-state index in [-0.39, 0.29) is 12.2 Å². The van der Waals surface area contributed by atoms with E-state index in [2.05, 4.69) is 0 Å². The van der Waals surface area contributed by atoms with Gasteiger partial charge in [-0.1, -0.05) is 42.5 Å². The van der Waals surface area contributed by atoms with Gasteiger partial charge in [0.05, 0.1) is 25.2 Å². The molecule has 2 N–H and O–H groups in total. The van der Waals surface area contributed by atoms with E-state index in [4.69, 9.17) is 4.74 Å². The summed E-state index contributed by atoms with van der Waals surface area (Å²) >= 11 is 0. The number of Topliss-reactive ketones (excluding diaryl/α,β-unsaturated/α-hetero) is 1. The van der Waals surface area contributed by atoms with E-state index < -0.39 is 18.1 Å². The fourth-order valence-electron chi connectivity index (χ4n) is 2.66. The number of benzene rings is 2. The number of aliphatic hydroxyl groups excluding tert-OH is 2. The average Bonchev–Trinajstić information content (AvgIpc) is 2.56. The predicted octanol–water partition coefficient (Wildman–Crippen LogP) is 2.85. The van der Waals surface area contributed by atoms with E-state index in [9.17, 15) is 15.0 Å². The summed E-state index contributed by atoms with van der Waals surface area (Å²) in [6.07, 6.45) is -1.74. The number of hydrogen-bond donors (Lipinski definition) is 2. The lowest BCUT2D eigenvalue weighted by molar-refractivity contribution is -0.124. The van der Waals surface area contributed by atoms with Gasteiger partial charge in [-0.3, -0.25) is 4.79 Å². The van der Waals surface area contributed by atoms with Crippen molar-refractivity contribution >= 4 is 5.78 Å². The Labute approximate surface area is 136 Å². The minimum atomic E-state index is -0.872. The summed E-state index contributed by atoms with van der Waals surface area (Å²) in [5, 5.41) is 20.2. The van der Waals surface area contributed by atoms with Gasteiger partial charge >= 0.3 is 0 Å². The monoisotopic (exact) mass is 314 g/mol. The fraction of sp³-hybridized carbons (Fsp3) is 0.316. The first-order valence-corrected chi connectivity index (χ1v) is 7.60. The van der Waals surface area contributed by atoms with Crippen LogP contribution in [0.1, 0.15) is 36.5 Å². The maximum Gasteiger partial charge on any atom is 0.145 e. The highest BCUT2D eigenvalue weighted by atomic mass is 16.5. The average molecular weight is 314 g/mol. The van der Waals surface area contributed by atoms with Crippen LogP contribution in [0.3, 0.4) is 0 Å². The SMILES string of the molecule is COc1ccc(C(C(=O)CC(O)c2ccccc2)C(C)O)cc1. The van der Waals surface area contributed by atoms with Crippen LogP contribution in [0, 0.1) is 0 Å². The van der Waals surface area contributed by atoms with Crippen molar-refractivity contribution in [2.24, 2.45) is 0 Å². The van der Waals surface area contributed by atoms with Crippen molar-refractivity contribution in [2.75, 3.05) is 7.11 Å². The molecule has 0 amide bonds. The second kappa shape index (κ2) is 7.90. The lowest BCUT2D eigenvalue weighted by Crippen LogP contribution is -2.25. The van der Waals surface area contributed by atoms with Crippen LogP contribution >= 0.6 is 0 Å². The number of carbonyl (C=O) groups is 1. The molecule has 0 saturated heterocycles. The molecule has 0 spiro atoms. The van der Waals surface area contributed by atoms with Crippen molar-refractivity contribution in [3.8, 4) is 5.75 Å². The van der Waals surface area contributed by atoms with E-state index >= 15 is 0 Å². The molecule has 0 fully saturated rings. The van der Waals surface area contributed by atoms with E-state index in [1.807, 2.05) is 18.2 Å². The van der Waals surface area contributed by atoms with Gasteiger partial charge in [0.25, 0.3) is 0 Å². The van der Waals surface area contributed by atoms with Crippen molar-refractivity contribution in [1.29, 1.82) is 0 Å². The molecular weight excluding hydrogens is 292 g/mol. The molecule has 3 atom stereocenters. The molecule has 4 nitrogen and oxygen atoms in total. The Morgan fingerprint density at radius 2 is 1.61 bits per heavy atom. The molecule has 0 aliphatic heterocycles. The molecule has 0 aliphatic carbocycles. The second-order valence-corrected chi connectivity index (χ2v) is 5.59. The molecule has 0 radical (unpaired) electrons. The van der Waals surface area contributed by atoms with Crippen LogP contribution in [-0.2, 0) is 4.79 Å². The standard InChI is InChI=1S/C19H22O4/c1-13(20)19(15-8-10-16(23-2)11-9-15)18(22)12-17(21)14-6-4-3-5-7-14/h3-11,13,17,19-21H,12H2,1-2H3. The number of carbonyl (C=O) groups excluding carboxylic acids is 1. The molecule has 4 heteroatoms. The maximum absolute atomic E-state index is 12.6. The normalized spacial score (nSPS) is 14.8. The van der Waals surface area contributed by atoms with Gasteiger partial charge in [-0.25, -0.2) is 0 Å². The summed E-state index contributed by atoms with van der Waals surface area (Å²) < 4.78 is 5.10. The Kier molecular flexibility index (Phi) is 5.90. The third-order valence-electron chi connectivity index (χ3n) is 3.88. The fourth-order valence-corrected chi connectivity index (χ4v) is 2.66. The third kappa shape index (κ3) is 4.41. The topological polar surface area (TPSA) is 66.8 Å². The Morgan fingerprint density at radius 1 is 1.00 bits per heavy atom. The highest BCUT2D eigenvalue weighted by Gasteiger charge is 2.27. The van der Waals surface area contributed by atoms with Gasteiger partial charge in [0.1, 0.15) is 11.5 Å². The van der Waals surface area contributed by atoms with Crippen molar-refractivity contribution in [3.63, 3.8) is 0 Å². The Hall–Kier alpha value is -2.17. The smallest absolute Gasteiger partial charge is 0.145 e. The van der Waals surface area contributed by atoms with E-state index in [0.29, 0.717) is 16.9 Å². The number of methoxy groups -OCH3 is 1. The molecular formula is C19H22O4. The molecule has 0 saturated carbocycles. The number of rotatable bonds is 7. The van der Waals surface area contributed by atoms with Crippen LogP contribution in [0.25, 0.3) is 0 Å². The van der Waals surface area contributed by atoms with E-state index in [1.54, 1.807) is 50.4 Å². The number of aliphatic hydroxyl groups is 2. The Balaban J connectivity index is 2.15.